The molecule has 0 saturated heterocycles. The number of aliphatic carboxylic acids is 1. The van der Waals surface area contributed by atoms with Crippen molar-refractivity contribution in [2.24, 2.45) is 0 Å². The molecule has 1 aromatic rings. The number of amides is 1. The number of carbonyl (C=O) groups excluding carboxylic acids is 1. The minimum absolute atomic E-state index is 0.0662. The Hall–Kier alpha value is -2.18. The Bertz CT molecular complexity index is 471. The monoisotopic (exact) mass is 294 g/mol. The molecule has 7 heteroatoms. The van der Waals surface area contributed by atoms with Crippen LogP contribution in [0.25, 0.3) is 0 Å². The van der Waals surface area contributed by atoms with Crippen molar-refractivity contribution >= 4 is 17.8 Å². The van der Waals surface area contributed by atoms with Gasteiger partial charge in [0.25, 0.3) is 0 Å². The van der Waals surface area contributed by atoms with Crippen molar-refractivity contribution in [3.05, 3.63) is 17.5 Å². The zero-order valence-electron chi connectivity index (χ0n) is 12.5. The predicted octanol–water partition coefficient (Wildman–Crippen LogP) is 1.27. The van der Waals surface area contributed by atoms with Crippen LogP contribution in [-0.2, 0) is 9.59 Å². The van der Waals surface area contributed by atoms with Gasteiger partial charge in [0.2, 0.25) is 11.9 Å². The van der Waals surface area contributed by atoms with Crippen LogP contribution in [0.15, 0.2) is 6.07 Å². The molecule has 1 rings (SSSR count). The van der Waals surface area contributed by atoms with Crippen LogP contribution in [0.5, 0.6) is 0 Å². The highest BCUT2D eigenvalue weighted by Gasteiger charge is 2.03. The quantitative estimate of drug-likeness (QED) is 0.592. The molecule has 0 aliphatic carbocycles. The molecule has 0 aliphatic rings. The van der Waals surface area contributed by atoms with E-state index in [-0.39, 0.29) is 12.3 Å². The number of hydrogen-bond donors (Lipinski definition) is 3. The van der Waals surface area contributed by atoms with E-state index in [0.717, 1.165) is 11.4 Å². The molecule has 0 atom stereocenters. The van der Waals surface area contributed by atoms with E-state index >= 15 is 0 Å². The highest BCUT2D eigenvalue weighted by Crippen LogP contribution is 2.03. The number of anilines is 1. The number of carbonyl (C=O) groups is 2. The summed E-state index contributed by atoms with van der Waals surface area (Å²) in [6.45, 7) is 4.83. The first-order valence-corrected chi connectivity index (χ1v) is 7.02. The summed E-state index contributed by atoms with van der Waals surface area (Å²) < 4.78 is 0. The van der Waals surface area contributed by atoms with Crippen LogP contribution in [0.2, 0.25) is 0 Å². The zero-order valence-corrected chi connectivity index (χ0v) is 12.5. The number of aromatic nitrogens is 2. The molecule has 116 valence electrons. The standard InChI is InChI=1S/C14H22N4O3/c1-10-9-11(2)18-14(17-10)16-8-3-5-12(19)15-7-4-6-13(20)21/h9H,3-8H2,1-2H3,(H,15,19)(H,20,21)(H,16,17,18). The predicted molar refractivity (Wildman–Crippen MR) is 79.1 cm³/mol. The molecular formula is C14H22N4O3. The molecule has 21 heavy (non-hydrogen) atoms. The van der Waals surface area contributed by atoms with E-state index in [9.17, 15) is 9.59 Å². The second-order valence-electron chi connectivity index (χ2n) is 4.85. The van der Waals surface area contributed by atoms with Crippen LogP contribution >= 0.6 is 0 Å². The van der Waals surface area contributed by atoms with Gasteiger partial charge in [0.1, 0.15) is 0 Å². The Morgan fingerprint density at radius 2 is 1.71 bits per heavy atom. The summed E-state index contributed by atoms with van der Waals surface area (Å²) >= 11 is 0. The average molecular weight is 294 g/mol. The molecule has 1 heterocycles. The summed E-state index contributed by atoms with van der Waals surface area (Å²) in [4.78, 5) is 30.3. The van der Waals surface area contributed by atoms with Crippen molar-refractivity contribution in [3.63, 3.8) is 0 Å². The minimum atomic E-state index is -0.845. The Morgan fingerprint density at radius 1 is 1.10 bits per heavy atom. The fraction of sp³-hybridized carbons (Fsp3) is 0.571. The van der Waals surface area contributed by atoms with Gasteiger partial charge in [-0.3, -0.25) is 9.59 Å². The molecule has 0 bridgehead atoms. The van der Waals surface area contributed by atoms with Crippen LogP contribution < -0.4 is 10.6 Å². The van der Waals surface area contributed by atoms with Gasteiger partial charge in [-0.25, -0.2) is 9.97 Å². The topological polar surface area (TPSA) is 104 Å². The lowest BCUT2D eigenvalue weighted by Gasteiger charge is -2.07. The summed E-state index contributed by atoms with van der Waals surface area (Å²) in [5.74, 6) is -0.334. The third-order valence-electron chi connectivity index (χ3n) is 2.74. The number of nitrogens with zero attached hydrogens (tertiary/aromatic N) is 2. The Balaban J connectivity index is 2.13. The maximum atomic E-state index is 11.5. The first-order valence-electron chi connectivity index (χ1n) is 7.02. The summed E-state index contributed by atoms with van der Waals surface area (Å²) in [5, 5.41) is 14.2. The SMILES string of the molecule is Cc1cc(C)nc(NCCCC(=O)NCCCC(=O)O)n1. The van der Waals surface area contributed by atoms with E-state index < -0.39 is 5.97 Å². The van der Waals surface area contributed by atoms with Crippen molar-refractivity contribution < 1.29 is 14.7 Å². The molecule has 0 aromatic carbocycles. The number of hydrogen-bond acceptors (Lipinski definition) is 5. The first kappa shape index (κ1) is 16.9. The molecule has 0 fully saturated rings. The van der Waals surface area contributed by atoms with Crippen LogP contribution in [0, 0.1) is 13.8 Å². The maximum absolute atomic E-state index is 11.5. The van der Waals surface area contributed by atoms with Gasteiger partial charge in [0.05, 0.1) is 0 Å². The number of carboxylic acids is 1. The van der Waals surface area contributed by atoms with Crippen LogP contribution in [-0.4, -0.2) is 40.0 Å². The van der Waals surface area contributed by atoms with E-state index in [0.29, 0.717) is 38.3 Å². The highest BCUT2D eigenvalue weighted by molar-refractivity contribution is 5.75. The summed E-state index contributed by atoms with van der Waals surface area (Å²) in [6, 6.07) is 1.90. The van der Waals surface area contributed by atoms with Crippen molar-refractivity contribution in [1.29, 1.82) is 0 Å². The Kier molecular flexibility index (Phi) is 7.14. The van der Waals surface area contributed by atoms with Gasteiger partial charge in [0, 0.05) is 37.3 Å². The lowest BCUT2D eigenvalue weighted by Crippen LogP contribution is -2.25. The van der Waals surface area contributed by atoms with Crippen LogP contribution in [0.3, 0.4) is 0 Å². The average Bonchev–Trinajstić information content (AvgIpc) is 2.38. The number of aryl methyl sites for hydroxylation is 2. The van der Waals surface area contributed by atoms with Crippen molar-refractivity contribution in [3.8, 4) is 0 Å². The molecule has 0 saturated carbocycles. The second kappa shape index (κ2) is 8.89. The molecule has 1 aromatic heterocycles. The molecular weight excluding hydrogens is 272 g/mol. The van der Waals surface area contributed by atoms with Crippen LogP contribution in [0.1, 0.15) is 37.1 Å². The molecule has 0 unspecified atom stereocenters. The molecule has 1 amide bonds. The lowest BCUT2D eigenvalue weighted by atomic mass is 10.2. The van der Waals surface area contributed by atoms with Gasteiger partial charge in [-0.05, 0) is 32.8 Å². The van der Waals surface area contributed by atoms with Crippen molar-refractivity contribution in [1.82, 2.24) is 15.3 Å². The molecule has 0 spiro atoms. The van der Waals surface area contributed by atoms with Gasteiger partial charge in [-0.15, -0.1) is 0 Å². The van der Waals surface area contributed by atoms with Gasteiger partial charge >= 0.3 is 5.97 Å². The molecule has 0 radical (unpaired) electrons. The van der Waals surface area contributed by atoms with E-state index in [1.165, 1.54) is 0 Å². The van der Waals surface area contributed by atoms with Gasteiger partial charge in [-0.2, -0.15) is 0 Å². The van der Waals surface area contributed by atoms with Crippen LogP contribution in [0.4, 0.5) is 5.95 Å². The number of nitrogens with one attached hydrogen (secondary N) is 2. The van der Waals surface area contributed by atoms with E-state index in [1.54, 1.807) is 0 Å². The fourth-order valence-electron chi connectivity index (χ4n) is 1.81. The number of rotatable bonds is 9. The highest BCUT2D eigenvalue weighted by atomic mass is 16.4. The van der Waals surface area contributed by atoms with E-state index in [2.05, 4.69) is 20.6 Å². The third kappa shape index (κ3) is 7.86. The van der Waals surface area contributed by atoms with E-state index in [4.69, 9.17) is 5.11 Å². The van der Waals surface area contributed by atoms with Gasteiger partial charge in [0.15, 0.2) is 0 Å². The normalized spacial score (nSPS) is 10.2. The Morgan fingerprint density at radius 3 is 2.33 bits per heavy atom. The fourth-order valence-corrected chi connectivity index (χ4v) is 1.81. The Labute approximate surface area is 124 Å². The third-order valence-corrected chi connectivity index (χ3v) is 2.74. The van der Waals surface area contributed by atoms with Crippen molar-refractivity contribution in [2.75, 3.05) is 18.4 Å². The zero-order chi connectivity index (χ0) is 15.7. The molecule has 3 N–H and O–H groups in total. The second-order valence-corrected chi connectivity index (χ2v) is 4.85. The van der Waals surface area contributed by atoms with Gasteiger partial charge in [-0.1, -0.05) is 0 Å². The number of carboxylic acid groups (broad SMARTS) is 1. The summed E-state index contributed by atoms with van der Waals surface area (Å²) in [6.07, 6.45) is 1.59. The summed E-state index contributed by atoms with van der Waals surface area (Å²) in [5.41, 5.74) is 1.81. The smallest absolute Gasteiger partial charge is 0.303 e. The minimum Gasteiger partial charge on any atom is -0.481 e. The summed E-state index contributed by atoms with van der Waals surface area (Å²) in [7, 11) is 0. The van der Waals surface area contributed by atoms with Crippen molar-refractivity contribution in [2.45, 2.75) is 39.5 Å². The van der Waals surface area contributed by atoms with Gasteiger partial charge < -0.3 is 15.7 Å². The molecule has 0 aliphatic heterocycles. The largest absolute Gasteiger partial charge is 0.481 e. The van der Waals surface area contributed by atoms with E-state index in [1.807, 2.05) is 19.9 Å². The lowest BCUT2D eigenvalue weighted by molar-refractivity contribution is -0.137. The first-order chi connectivity index (χ1) is 9.97. The maximum Gasteiger partial charge on any atom is 0.303 e. The molecule has 7 nitrogen and oxygen atoms in total.